The van der Waals surface area contributed by atoms with Crippen LogP contribution in [0.5, 0.6) is 0 Å². The second-order valence-electron chi connectivity index (χ2n) is 6.23. The number of rotatable bonds is 2. The van der Waals surface area contributed by atoms with Crippen molar-refractivity contribution >= 4 is 5.91 Å². The second-order valence-corrected chi connectivity index (χ2v) is 6.23. The number of amides is 1. The van der Waals surface area contributed by atoms with Crippen molar-refractivity contribution in [3.8, 4) is 0 Å². The molecule has 0 unspecified atom stereocenters. The van der Waals surface area contributed by atoms with E-state index in [1.54, 1.807) is 0 Å². The number of nitrogens with one attached hydrogen (secondary N) is 1. The Kier molecular flexibility index (Phi) is 4.08. The molecule has 4 heteroatoms. The lowest BCUT2D eigenvalue weighted by atomic mass is 9.84. The van der Waals surface area contributed by atoms with Crippen LogP contribution in [-0.4, -0.2) is 30.9 Å². The third-order valence-corrected chi connectivity index (χ3v) is 4.88. The Labute approximate surface area is 115 Å². The molecule has 1 spiro atoms. The minimum atomic E-state index is -0.346. The summed E-state index contributed by atoms with van der Waals surface area (Å²) in [6, 6.07) is 0.427. The van der Waals surface area contributed by atoms with E-state index in [4.69, 9.17) is 9.47 Å². The van der Waals surface area contributed by atoms with Crippen LogP contribution >= 0.6 is 0 Å². The summed E-state index contributed by atoms with van der Waals surface area (Å²) in [5.41, 5.74) is 0. The molecule has 1 heterocycles. The number of carbonyl (C=O) groups is 1. The fourth-order valence-corrected chi connectivity index (χ4v) is 3.67. The molecular weight excluding hydrogens is 242 g/mol. The first-order valence-electron chi connectivity index (χ1n) is 7.86. The van der Waals surface area contributed by atoms with Gasteiger partial charge in [0.15, 0.2) is 5.79 Å². The molecule has 2 aliphatic carbocycles. The third kappa shape index (κ3) is 3.11. The van der Waals surface area contributed by atoms with Crippen molar-refractivity contribution in [2.45, 2.75) is 69.6 Å². The lowest BCUT2D eigenvalue weighted by Crippen LogP contribution is -2.44. The molecule has 0 aromatic carbocycles. The Bertz CT molecular complexity index is 309. The molecule has 108 valence electrons. The number of ether oxygens (including phenoxy) is 2. The molecule has 0 atom stereocenters. The van der Waals surface area contributed by atoms with Crippen LogP contribution in [0.15, 0.2) is 0 Å². The zero-order chi connectivity index (χ0) is 13.1. The van der Waals surface area contributed by atoms with Gasteiger partial charge in [0.05, 0.1) is 13.2 Å². The highest BCUT2D eigenvalue weighted by atomic mass is 16.7. The molecule has 1 amide bonds. The van der Waals surface area contributed by atoms with E-state index in [2.05, 4.69) is 5.32 Å². The molecule has 0 bridgehead atoms. The maximum Gasteiger partial charge on any atom is 0.223 e. The SMILES string of the molecule is O=C(NC1CCCCC1)C1CCC2(CC1)OCCO2. The van der Waals surface area contributed by atoms with Crippen molar-refractivity contribution < 1.29 is 14.3 Å². The Balaban J connectivity index is 1.46. The van der Waals surface area contributed by atoms with Crippen LogP contribution in [0.1, 0.15) is 57.8 Å². The summed E-state index contributed by atoms with van der Waals surface area (Å²) in [5, 5.41) is 3.25. The Hall–Kier alpha value is -0.610. The summed E-state index contributed by atoms with van der Waals surface area (Å²) in [6.07, 6.45) is 9.72. The highest BCUT2D eigenvalue weighted by Gasteiger charge is 2.42. The molecule has 3 fully saturated rings. The van der Waals surface area contributed by atoms with Crippen LogP contribution in [0.4, 0.5) is 0 Å². The molecule has 19 heavy (non-hydrogen) atoms. The molecule has 1 aliphatic heterocycles. The molecule has 0 aromatic heterocycles. The van der Waals surface area contributed by atoms with Gasteiger partial charge in [-0.1, -0.05) is 19.3 Å². The van der Waals surface area contributed by atoms with E-state index in [0.717, 1.165) is 38.5 Å². The summed E-state index contributed by atoms with van der Waals surface area (Å²) >= 11 is 0. The summed E-state index contributed by atoms with van der Waals surface area (Å²) < 4.78 is 11.4. The molecule has 4 nitrogen and oxygen atoms in total. The van der Waals surface area contributed by atoms with Gasteiger partial charge in [-0.3, -0.25) is 4.79 Å². The standard InChI is InChI=1S/C15H25NO3/c17-14(16-13-4-2-1-3-5-13)12-6-8-15(9-7-12)18-10-11-19-15/h12-13H,1-11H2,(H,16,17). The zero-order valence-electron chi connectivity index (χ0n) is 11.7. The molecule has 0 radical (unpaired) electrons. The number of hydrogen-bond acceptors (Lipinski definition) is 3. The molecule has 3 aliphatic rings. The molecule has 2 saturated carbocycles. The largest absolute Gasteiger partial charge is 0.353 e. The Morgan fingerprint density at radius 1 is 0.947 bits per heavy atom. The molecule has 1 saturated heterocycles. The van der Waals surface area contributed by atoms with Gasteiger partial charge in [0, 0.05) is 24.8 Å². The number of carbonyl (C=O) groups excluding carboxylic acids is 1. The average Bonchev–Trinajstić information content (AvgIpc) is 2.89. The highest BCUT2D eigenvalue weighted by Crippen LogP contribution is 2.38. The summed E-state index contributed by atoms with van der Waals surface area (Å²) in [5.74, 6) is 0.0850. The quantitative estimate of drug-likeness (QED) is 0.835. The predicted molar refractivity (Wildman–Crippen MR) is 71.6 cm³/mol. The van der Waals surface area contributed by atoms with Crippen molar-refractivity contribution in [2.75, 3.05) is 13.2 Å². The van der Waals surface area contributed by atoms with E-state index in [9.17, 15) is 4.79 Å². The second kappa shape index (κ2) is 5.80. The van der Waals surface area contributed by atoms with Gasteiger partial charge < -0.3 is 14.8 Å². The van der Waals surface area contributed by atoms with Crippen LogP contribution in [-0.2, 0) is 14.3 Å². The maximum atomic E-state index is 12.3. The topological polar surface area (TPSA) is 47.6 Å². The van der Waals surface area contributed by atoms with Gasteiger partial charge in [0.2, 0.25) is 5.91 Å². The zero-order valence-corrected chi connectivity index (χ0v) is 11.7. The van der Waals surface area contributed by atoms with Gasteiger partial charge >= 0.3 is 0 Å². The molecule has 0 aromatic rings. The fourth-order valence-electron chi connectivity index (χ4n) is 3.67. The smallest absolute Gasteiger partial charge is 0.223 e. The molecule has 3 rings (SSSR count). The van der Waals surface area contributed by atoms with Crippen LogP contribution in [0.3, 0.4) is 0 Å². The van der Waals surface area contributed by atoms with Crippen molar-refractivity contribution in [1.82, 2.24) is 5.32 Å². The van der Waals surface area contributed by atoms with E-state index in [0.29, 0.717) is 19.3 Å². The number of hydrogen-bond donors (Lipinski definition) is 1. The van der Waals surface area contributed by atoms with Gasteiger partial charge in [0.1, 0.15) is 0 Å². The predicted octanol–water partition coefficient (Wildman–Crippen LogP) is 2.37. The normalized spacial score (nSPS) is 28.6. The maximum absolute atomic E-state index is 12.3. The van der Waals surface area contributed by atoms with Gasteiger partial charge in [-0.2, -0.15) is 0 Å². The van der Waals surface area contributed by atoms with E-state index >= 15 is 0 Å². The summed E-state index contributed by atoms with van der Waals surface area (Å²) in [4.78, 5) is 12.3. The van der Waals surface area contributed by atoms with E-state index in [1.807, 2.05) is 0 Å². The van der Waals surface area contributed by atoms with Gasteiger partial charge in [-0.15, -0.1) is 0 Å². The molecule has 1 N–H and O–H groups in total. The van der Waals surface area contributed by atoms with Crippen molar-refractivity contribution in [3.05, 3.63) is 0 Å². The average molecular weight is 267 g/mol. The first-order chi connectivity index (χ1) is 9.27. The van der Waals surface area contributed by atoms with Crippen LogP contribution in [0.2, 0.25) is 0 Å². The fraction of sp³-hybridized carbons (Fsp3) is 0.933. The minimum Gasteiger partial charge on any atom is -0.353 e. The Morgan fingerprint density at radius 3 is 2.21 bits per heavy atom. The lowest BCUT2D eigenvalue weighted by molar-refractivity contribution is -0.183. The van der Waals surface area contributed by atoms with E-state index in [-0.39, 0.29) is 17.6 Å². The van der Waals surface area contributed by atoms with Gasteiger partial charge in [0.25, 0.3) is 0 Å². The Morgan fingerprint density at radius 2 is 1.58 bits per heavy atom. The van der Waals surface area contributed by atoms with Crippen molar-refractivity contribution in [2.24, 2.45) is 5.92 Å². The van der Waals surface area contributed by atoms with E-state index in [1.165, 1.54) is 19.3 Å². The van der Waals surface area contributed by atoms with Gasteiger partial charge in [-0.25, -0.2) is 0 Å². The van der Waals surface area contributed by atoms with Crippen molar-refractivity contribution in [1.29, 1.82) is 0 Å². The van der Waals surface area contributed by atoms with E-state index < -0.39 is 0 Å². The molecular formula is C15H25NO3. The van der Waals surface area contributed by atoms with Crippen molar-refractivity contribution in [3.63, 3.8) is 0 Å². The monoisotopic (exact) mass is 267 g/mol. The first-order valence-corrected chi connectivity index (χ1v) is 7.86. The minimum absolute atomic E-state index is 0.167. The summed E-state index contributed by atoms with van der Waals surface area (Å²) in [7, 11) is 0. The summed E-state index contributed by atoms with van der Waals surface area (Å²) in [6.45, 7) is 1.41. The third-order valence-electron chi connectivity index (χ3n) is 4.88. The lowest BCUT2D eigenvalue weighted by Gasteiger charge is -2.35. The van der Waals surface area contributed by atoms with Crippen LogP contribution < -0.4 is 5.32 Å². The van der Waals surface area contributed by atoms with Crippen LogP contribution in [0, 0.1) is 5.92 Å². The van der Waals surface area contributed by atoms with Gasteiger partial charge in [-0.05, 0) is 25.7 Å². The first kappa shape index (κ1) is 13.4. The highest BCUT2D eigenvalue weighted by molar-refractivity contribution is 5.79. The van der Waals surface area contributed by atoms with Crippen LogP contribution in [0.25, 0.3) is 0 Å².